The normalized spacial score (nSPS) is 8.25. The molecule has 8 heavy (non-hydrogen) atoms. The van der Waals surface area contributed by atoms with E-state index in [4.69, 9.17) is 5.90 Å². The highest BCUT2D eigenvalue weighted by molar-refractivity contribution is 7.99. The Morgan fingerprint density at radius 1 is 1.62 bits per heavy atom. The summed E-state index contributed by atoms with van der Waals surface area (Å²) in [5, 5.41) is 0. The van der Waals surface area contributed by atoms with Crippen molar-refractivity contribution in [2.24, 2.45) is 5.90 Å². The molecule has 2 N–H and O–H groups in total. The zero-order valence-corrected chi connectivity index (χ0v) is 6.56. The molecule has 0 unspecified atom stereocenters. The molecule has 0 radical (unpaired) electrons. The van der Waals surface area contributed by atoms with Crippen LogP contribution >= 0.6 is 24.2 Å². The number of nitrogens with two attached hydrogens (primary N) is 1. The van der Waals surface area contributed by atoms with Crippen LogP contribution in [-0.2, 0) is 4.84 Å². The molecule has 0 aromatic rings. The number of thioether (sulfide) groups is 1. The maximum Gasteiger partial charge on any atom is 0.0769 e. The van der Waals surface area contributed by atoms with E-state index in [1.54, 1.807) is 0 Å². The van der Waals surface area contributed by atoms with Crippen molar-refractivity contribution in [3.63, 3.8) is 0 Å². The summed E-state index contributed by atoms with van der Waals surface area (Å²) in [7, 11) is 0. The molecule has 0 saturated carbocycles. The Labute approximate surface area is 60.5 Å². The van der Waals surface area contributed by atoms with Gasteiger partial charge in [-0.05, 0) is 5.75 Å². The summed E-state index contributed by atoms with van der Waals surface area (Å²) in [6.45, 7) is 2.78. The topological polar surface area (TPSA) is 35.2 Å². The van der Waals surface area contributed by atoms with Crippen LogP contribution in [0.5, 0.6) is 0 Å². The Hall–Kier alpha value is 0.560. The second-order valence-corrected chi connectivity index (χ2v) is 2.46. The first kappa shape index (κ1) is 11.4. The predicted molar refractivity (Wildman–Crippen MR) is 40.4 cm³/mol. The molecule has 0 bridgehead atoms. The molecule has 0 fully saturated rings. The van der Waals surface area contributed by atoms with E-state index in [1.165, 1.54) is 0 Å². The second kappa shape index (κ2) is 10.5. The van der Waals surface area contributed by atoms with E-state index in [0.717, 1.165) is 11.5 Å². The average molecular weight is 158 g/mol. The summed E-state index contributed by atoms with van der Waals surface area (Å²) in [5.41, 5.74) is 0. The molecular weight excluding hydrogens is 146 g/mol. The standard InChI is InChI=1S/C4H11NOS.ClH/c1-2-7-4-3-6-5;/h2-5H2,1H3;1H. The Morgan fingerprint density at radius 3 is 2.62 bits per heavy atom. The van der Waals surface area contributed by atoms with Gasteiger partial charge in [0.15, 0.2) is 0 Å². The minimum Gasteiger partial charge on any atom is -0.304 e. The lowest BCUT2D eigenvalue weighted by Crippen LogP contribution is -2.02. The van der Waals surface area contributed by atoms with Crippen LogP contribution in [0, 0.1) is 0 Å². The number of hydrogen-bond acceptors (Lipinski definition) is 3. The lowest BCUT2D eigenvalue weighted by atomic mass is 10.9. The molecule has 0 aliphatic carbocycles. The van der Waals surface area contributed by atoms with Crippen molar-refractivity contribution in [3.05, 3.63) is 0 Å². The molecule has 0 saturated heterocycles. The smallest absolute Gasteiger partial charge is 0.0769 e. The summed E-state index contributed by atoms with van der Waals surface area (Å²) in [6, 6.07) is 0. The van der Waals surface area contributed by atoms with Gasteiger partial charge in [-0.15, -0.1) is 12.4 Å². The van der Waals surface area contributed by atoms with E-state index in [1.807, 2.05) is 11.8 Å². The monoisotopic (exact) mass is 157 g/mol. The lowest BCUT2D eigenvalue weighted by Gasteiger charge is -1.92. The summed E-state index contributed by atoms with van der Waals surface area (Å²) in [6.07, 6.45) is 0. The van der Waals surface area contributed by atoms with Crippen LogP contribution in [0.3, 0.4) is 0 Å². The molecule has 52 valence electrons. The van der Waals surface area contributed by atoms with Gasteiger partial charge in [-0.3, -0.25) is 0 Å². The highest BCUT2D eigenvalue weighted by atomic mass is 35.5. The van der Waals surface area contributed by atoms with Crippen molar-refractivity contribution < 1.29 is 4.84 Å². The molecule has 0 spiro atoms. The van der Waals surface area contributed by atoms with Crippen molar-refractivity contribution in [3.8, 4) is 0 Å². The van der Waals surface area contributed by atoms with E-state index in [-0.39, 0.29) is 12.4 Å². The van der Waals surface area contributed by atoms with Crippen LogP contribution in [0.25, 0.3) is 0 Å². The van der Waals surface area contributed by atoms with Crippen molar-refractivity contribution >= 4 is 24.2 Å². The third kappa shape index (κ3) is 9.75. The fourth-order valence-corrected chi connectivity index (χ4v) is 0.754. The minimum atomic E-state index is 0. The van der Waals surface area contributed by atoms with Crippen molar-refractivity contribution in [1.29, 1.82) is 0 Å². The SMILES string of the molecule is CCSCCON.Cl. The maximum atomic E-state index is 4.76. The number of halogens is 1. The van der Waals surface area contributed by atoms with Crippen molar-refractivity contribution in [2.45, 2.75) is 6.92 Å². The molecule has 0 heterocycles. The van der Waals surface area contributed by atoms with Gasteiger partial charge in [-0.1, -0.05) is 6.92 Å². The fraction of sp³-hybridized carbons (Fsp3) is 1.00. The highest BCUT2D eigenvalue weighted by Gasteiger charge is 1.80. The Bertz CT molecular complexity index is 35.2. The maximum absolute atomic E-state index is 4.76. The highest BCUT2D eigenvalue weighted by Crippen LogP contribution is 1.95. The zero-order chi connectivity index (χ0) is 5.54. The predicted octanol–water partition coefficient (Wildman–Crippen LogP) is 1.05. The van der Waals surface area contributed by atoms with Crippen LogP contribution < -0.4 is 5.90 Å². The van der Waals surface area contributed by atoms with Crippen LogP contribution in [0.4, 0.5) is 0 Å². The van der Waals surface area contributed by atoms with Crippen LogP contribution in [0.15, 0.2) is 0 Å². The summed E-state index contributed by atoms with van der Waals surface area (Å²) in [4.78, 5) is 4.32. The minimum absolute atomic E-state index is 0. The zero-order valence-electron chi connectivity index (χ0n) is 4.92. The summed E-state index contributed by atoms with van der Waals surface area (Å²) >= 11 is 1.83. The Kier molecular flexibility index (Phi) is 15.0. The molecule has 0 aromatic heterocycles. The van der Waals surface area contributed by atoms with E-state index >= 15 is 0 Å². The molecule has 0 aromatic carbocycles. The Morgan fingerprint density at radius 2 is 2.25 bits per heavy atom. The van der Waals surface area contributed by atoms with Gasteiger partial charge in [0.1, 0.15) is 0 Å². The molecule has 0 atom stereocenters. The molecule has 2 nitrogen and oxygen atoms in total. The third-order valence-electron chi connectivity index (χ3n) is 0.550. The van der Waals surface area contributed by atoms with E-state index in [0.29, 0.717) is 6.61 Å². The van der Waals surface area contributed by atoms with Gasteiger partial charge in [0.25, 0.3) is 0 Å². The second-order valence-electron chi connectivity index (χ2n) is 1.07. The first-order chi connectivity index (χ1) is 3.41. The summed E-state index contributed by atoms with van der Waals surface area (Å²) < 4.78 is 0. The van der Waals surface area contributed by atoms with E-state index < -0.39 is 0 Å². The largest absolute Gasteiger partial charge is 0.304 e. The molecule has 0 amide bonds. The first-order valence-electron chi connectivity index (χ1n) is 2.31. The van der Waals surface area contributed by atoms with Gasteiger partial charge in [-0.2, -0.15) is 11.8 Å². The van der Waals surface area contributed by atoms with Gasteiger partial charge in [0.05, 0.1) is 6.61 Å². The van der Waals surface area contributed by atoms with Gasteiger partial charge >= 0.3 is 0 Å². The molecule has 0 aliphatic rings. The molecular formula is C4H12ClNOS. The fourth-order valence-electron chi connectivity index (χ4n) is 0.251. The van der Waals surface area contributed by atoms with Crippen molar-refractivity contribution in [1.82, 2.24) is 0 Å². The van der Waals surface area contributed by atoms with Crippen LogP contribution in [0.2, 0.25) is 0 Å². The van der Waals surface area contributed by atoms with E-state index in [9.17, 15) is 0 Å². The third-order valence-corrected chi connectivity index (χ3v) is 1.41. The van der Waals surface area contributed by atoms with Crippen LogP contribution in [0.1, 0.15) is 6.92 Å². The van der Waals surface area contributed by atoms with Gasteiger partial charge in [0.2, 0.25) is 0 Å². The number of hydrogen-bond donors (Lipinski definition) is 1. The molecule has 0 aliphatic heterocycles. The summed E-state index contributed by atoms with van der Waals surface area (Å²) in [5.74, 6) is 6.91. The average Bonchev–Trinajstić information content (AvgIpc) is 1.69. The van der Waals surface area contributed by atoms with Crippen LogP contribution in [-0.4, -0.2) is 18.1 Å². The Balaban J connectivity index is 0. The van der Waals surface area contributed by atoms with Crippen molar-refractivity contribution in [2.75, 3.05) is 18.1 Å². The molecule has 0 rings (SSSR count). The molecule has 4 heteroatoms. The quantitative estimate of drug-likeness (QED) is 0.490. The first-order valence-corrected chi connectivity index (χ1v) is 3.46. The van der Waals surface area contributed by atoms with E-state index in [2.05, 4.69) is 11.8 Å². The lowest BCUT2D eigenvalue weighted by molar-refractivity contribution is 0.155. The van der Waals surface area contributed by atoms with Gasteiger partial charge < -0.3 is 4.84 Å². The number of rotatable bonds is 4. The van der Waals surface area contributed by atoms with Gasteiger partial charge in [-0.25, -0.2) is 5.90 Å². The van der Waals surface area contributed by atoms with Gasteiger partial charge in [0, 0.05) is 5.75 Å².